The average molecular weight is 340 g/mol. The van der Waals surface area contributed by atoms with Gasteiger partial charge in [0.25, 0.3) is 0 Å². The molecule has 2 aromatic heterocycles. The predicted octanol–water partition coefficient (Wildman–Crippen LogP) is 2.72. The molecule has 0 bridgehead atoms. The van der Waals surface area contributed by atoms with E-state index in [0.29, 0.717) is 0 Å². The molecule has 5 nitrogen and oxygen atoms in total. The molecule has 1 N–H and O–H groups in total. The number of rotatable bonds is 7. The minimum absolute atomic E-state index is 0.790. The van der Waals surface area contributed by atoms with Crippen LogP contribution in [0.5, 0.6) is 0 Å². The van der Waals surface area contributed by atoms with Crippen molar-refractivity contribution in [2.45, 2.75) is 46.8 Å². The molecule has 2 rings (SSSR count). The van der Waals surface area contributed by atoms with E-state index in [1.165, 1.54) is 5.69 Å². The molecule has 110 valence electrons. The summed E-state index contributed by atoms with van der Waals surface area (Å²) in [5, 5.41) is 7.93. The van der Waals surface area contributed by atoms with Crippen LogP contribution in [0.25, 0.3) is 0 Å². The van der Waals surface area contributed by atoms with Crippen molar-refractivity contribution in [3.05, 3.63) is 34.1 Å². The van der Waals surface area contributed by atoms with E-state index in [9.17, 15) is 0 Å². The summed E-state index contributed by atoms with van der Waals surface area (Å²) in [4.78, 5) is 4.43. The van der Waals surface area contributed by atoms with Crippen molar-refractivity contribution >= 4 is 15.9 Å². The molecule has 0 aromatic carbocycles. The summed E-state index contributed by atoms with van der Waals surface area (Å²) in [6.45, 7) is 9.79. The number of aryl methyl sites for hydroxylation is 2. The van der Waals surface area contributed by atoms with Gasteiger partial charge in [0.15, 0.2) is 0 Å². The van der Waals surface area contributed by atoms with Gasteiger partial charge in [-0.15, -0.1) is 0 Å². The van der Waals surface area contributed by atoms with Crippen LogP contribution in [-0.4, -0.2) is 25.9 Å². The zero-order valence-electron chi connectivity index (χ0n) is 12.4. The predicted molar refractivity (Wildman–Crippen MR) is 83.7 cm³/mol. The number of hydrogen-bond acceptors (Lipinski definition) is 3. The Balaban J connectivity index is 2.16. The zero-order valence-corrected chi connectivity index (χ0v) is 13.9. The molecule has 20 heavy (non-hydrogen) atoms. The fraction of sp³-hybridized carbons (Fsp3) is 0.571. The van der Waals surface area contributed by atoms with Crippen LogP contribution in [0, 0.1) is 6.92 Å². The monoisotopic (exact) mass is 339 g/mol. The van der Waals surface area contributed by atoms with Gasteiger partial charge in [-0.05, 0) is 42.7 Å². The van der Waals surface area contributed by atoms with E-state index in [2.05, 4.69) is 49.7 Å². The highest BCUT2D eigenvalue weighted by Crippen LogP contribution is 2.22. The van der Waals surface area contributed by atoms with Gasteiger partial charge in [-0.3, -0.25) is 4.68 Å². The van der Waals surface area contributed by atoms with Gasteiger partial charge in [0.2, 0.25) is 0 Å². The topological polar surface area (TPSA) is 47.7 Å². The number of nitrogens with zero attached hydrogens (tertiary/aromatic N) is 4. The summed E-state index contributed by atoms with van der Waals surface area (Å²) in [5.41, 5.74) is 2.23. The smallest absolute Gasteiger partial charge is 0.123 e. The molecular formula is C14H22BrN5. The number of aromatic nitrogens is 4. The third kappa shape index (κ3) is 3.30. The first-order valence-corrected chi connectivity index (χ1v) is 7.89. The van der Waals surface area contributed by atoms with Crippen LogP contribution in [0.2, 0.25) is 0 Å². The SMILES string of the molecule is CCCNCc1nccn1Cc1c(Br)c(C)nn1CC. The van der Waals surface area contributed by atoms with Crippen molar-refractivity contribution in [3.8, 4) is 0 Å². The van der Waals surface area contributed by atoms with Gasteiger partial charge in [-0.25, -0.2) is 4.98 Å². The summed E-state index contributed by atoms with van der Waals surface area (Å²) in [6, 6.07) is 0. The Bertz CT molecular complexity index is 558. The summed E-state index contributed by atoms with van der Waals surface area (Å²) in [5.74, 6) is 1.06. The molecule has 0 aliphatic rings. The maximum absolute atomic E-state index is 4.53. The van der Waals surface area contributed by atoms with Crippen LogP contribution in [0.15, 0.2) is 16.9 Å². The van der Waals surface area contributed by atoms with E-state index >= 15 is 0 Å². The third-order valence-corrected chi connectivity index (χ3v) is 4.32. The summed E-state index contributed by atoms with van der Waals surface area (Å²) in [7, 11) is 0. The Morgan fingerprint density at radius 2 is 2.15 bits per heavy atom. The zero-order chi connectivity index (χ0) is 14.5. The van der Waals surface area contributed by atoms with Crippen molar-refractivity contribution in [2.24, 2.45) is 0 Å². The van der Waals surface area contributed by atoms with E-state index in [4.69, 9.17) is 0 Å². The molecule has 0 amide bonds. The van der Waals surface area contributed by atoms with E-state index in [1.54, 1.807) is 0 Å². The lowest BCUT2D eigenvalue weighted by Crippen LogP contribution is -2.18. The third-order valence-electron chi connectivity index (χ3n) is 3.28. The standard InChI is InChI=1S/C14H22BrN5/c1-4-6-16-9-13-17-7-8-19(13)10-12-14(15)11(3)18-20(12)5-2/h7-8,16H,4-6,9-10H2,1-3H3. The number of nitrogens with one attached hydrogen (secondary N) is 1. The van der Waals surface area contributed by atoms with Gasteiger partial charge in [-0.2, -0.15) is 5.10 Å². The lowest BCUT2D eigenvalue weighted by molar-refractivity contribution is 0.571. The van der Waals surface area contributed by atoms with Crippen LogP contribution in [0.1, 0.15) is 37.5 Å². The van der Waals surface area contributed by atoms with Gasteiger partial charge < -0.3 is 9.88 Å². The Kier molecular flexibility index (Phi) is 5.37. The maximum atomic E-state index is 4.53. The molecule has 0 saturated carbocycles. The molecule has 0 fully saturated rings. The van der Waals surface area contributed by atoms with Crippen molar-refractivity contribution in [1.82, 2.24) is 24.6 Å². The van der Waals surface area contributed by atoms with Crippen molar-refractivity contribution in [3.63, 3.8) is 0 Å². The second kappa shape index (κ2) is 7.04. The summed E-state index contributed by atoms with van der Waals surface area (Å²) < 4.78 is 5.32. The largest absolute Gasteiger partial charge is 0.328 e. The average Bonchev–Trinajstić information content (AvgIpc) is 2.99. The van der Waals surface area contributed by atoms with Gasteiger partial charge in [-0.1, -0.05) is 6.92 Å². The molecular weight excluding hydrogens is 318 g/mol. The van der Waals surface area contributed by atoms with Crippen molar-refractivity contribution < 1.29 is 0 Å². The van der Waals surface area contributed by atoms with Crippen LogP contribution >= 0.6 is 15.9 Å². The normalized spacial score (nSPS) is 11.2. The van der Waals surface area contributed by atoms with E-state index in [-0.39, 0.29) is 0 Å². The second-order valence-electron chi connectivity index (χ2n) is 4.81. The van der Waals surface area contributed by atoms with E-state index < -0.39 is 0 Å². The fourth-order valence-corrected chi connectivity index (χ4v) is 2.62. The highest BCUT2D eigenvalue weighted by molar-refractivity contribution is 9.10. The molecule has 0 atom stereocenters. The summed E-state index contributed by atoms with van der Waals surface area (Å²) in [6.07, 6.45) is 5.02. The van der Waals surface area contributed by atoms with E-state index in [0.717, 1.165) is 48.6 Å². The lowest BCUT2D eigenvalue weighted by atomic mass is 10.3. The molecule has 0 aliphatic heterocycles. The first-order chi connectivity index (χ1) is 9.67. The highest BCUT2D eigenvalue weighted by atomic mass is 79.9. The molecule has 2 heterocycles. The number of hydrogen-bond donors (Lipinski definition) is 1. The Morgan fingerprint density at radius 3 is 2.85 bits per heavy atom. The van der Waals surface area contributed by atoms with Crippen LogP contribution < -0.4 is 5.32 Å². The molecule has 6 heteroatoms. The minimum atomic E-state index is 0.790. The molecule has 0 spiro atoms. The Morgan fingerprint density at radius 1 is 1.35 bits per heavy atom. The van der Waals surface area contributed by atoms with Crippen LogP contribution in [0.3, 0.4) is 0 Å². The van der Waals surface area contributed by atoms with Gasteiger partial charge in [0, 0.05) is 18.9 Å². The lowest BCUT2D eigenvalue weighted by Gasteiger charge is -2.10. The molecule has 0 radical (unpaired) electrons. The Hall–Kier alpha value is -1.14. The molecule has 0 aliphatic carbocycles. The first kappa shape index (κ1) is 15.3. The minimum Gasteiger partial charge on any atom is -0.328 e. The van der Waals surface area contributed by atoms with Crippen molar-refractivity contribution in [2.75, 3.05) is 6.54 Å². The van der Waals surface area contributed by atoms with E-state index in [1.807, 2.05) is 24.0 Å². The maximum Gasteiger partial charge on any atom is 0.123 e. The van der Waals surface area contributed by atoms with Gasteiger partial charge in [0.1, 0.15) is 5.82 Å². The number of imidazole rings is 1. The van der Waals surface area contributed by atoms with Gasteiger partial charge >= 0.3 is 0 Å². The molecule has 2 aromatic rings. The second-order valence-corrected chi connectivity index (χ2v) is 5.60. The molecule has 0 unspecified atom stereocenters. The number of halogens is 1. The molecule has 0 saturated heterocycles. The van der Waals surface area contributed by atoms with Crippen molar-refractivity contribution in [1.29, 1.82) is 0 Å². The fourth-order valence-electron chi connectivity index (χ4n) is 2.21. The van der Waals surface area contributed by atoms with Crippen LogP contribution in [0.4, 0.5) is 0 Å². The Labute approximate surface area is 128 Å². The first-order valence-electron chi connectivity index (χ1n) is 7.09. The highest BCUT2D eigenvalue weighted by Gasteiger charge is 2.13. The quantitative estimate of drug-likeness (QED) is 0.789. The van der Waals surface area contributed by atoms with Crippen LogP contribution in [-0.2, 0) is 19.6 Å². The summed E-state index contributed by atoms with van der Waals surface area (Å²) >= 11 is 3.64. The van der Waals surface area contributed by atoms with Gasteiger partial charge in [0.05, 0.1) is 29.0 Å².